The molecule has 1 N–H and O–H groups in total. The van der Waals surface area contributed by atoms with E-state index in [1.165, 1.54) is 0 Å². The van der Waals surface area contributed by atoms with Crippen molar-refractivity contribution in [3.63, 3.8) is 0 Å². The van der Waals surface area contributed by atoms with Gasteiger partial charge in [0.15, 0.2) is 0 Å². The van der Waals surface area contributed by atoms with E-state index in [2.05, 4.69) is 19.2 Å². The molecule has 2 aliphatic rings. The normalized spacial score (nSPS) is 20.9. The average Bonchev–Trinajstić information content (AvgIpc) is 3.35. The van der Waals surface area contributed by atoms with E-state index in [9.17, 15) is 14.4 Å². The Morgan fingerprint density at radius 1 is 1.15 bits per heavy atom. The standard InChI is InChI=1S/C26H33N3O4S/c1-4-33-26(32)28-13-11-18(12-14-28)27-24(30)22-19-8-5-6-9-20(19)25(31)29(16-17(2)3)23(22)21-10-7-15-34-21/h5-10,15,17-18,22-23H,4,11-14,16H2,1-3H3,(H,27,30)/t22-,23-/m0/s1. The van der Waals surface area contributed by atoms with Crippen LogP contribution < -0.4 is 5.32 Å². The Labute approximate surface area is 205 Å². The molecule has 2 aliphatic heterocycles. The number of hydrogen-bond acceptors (Lipinski definition) is 5. The van der Waals surface area contributed by atoms with Crippen molar-refractivity contribution in [2.24, 2.45) is 5.92 Å². The van der Waals surface area contributed by atoms with Gasteiger partial charge in [-0.15, -0.1) is 11.3 Å². The quantitative estimate of drug-likeness (QED) is 0.660. The lowest BCUT2D eigenvalue weighted by atomic mass is 9.80. The number of carbonyl (C=O) groups is 3. The molecule has 0 unspecified atom stereocenters. The Morgan fingerprint density at radius 3 is 2.53 bits per heavy atom. The fraction of sp³-hybridized carbons (Fsp3) is 0.500. The zero-order valence-electron chi connectivity index (χ0n) is 20.0. The Kier molecular flexibility index (Phi) is 7.56. The van der Waals surface area contributed by atoms with Crippen LogP contribution in [0.15, 0.2) is 41.8 Å². The zero-order chi connectivity index (χ0) is 24.2. The number of nitrogens with zero attached hydrogens (tertiary/aromatic N) is 2. The largest absolute Gasteiger partial charge is 0.450 e. The molecule has 0 saturated carbocycles. The highest BCUT2D eigenvalue weighted by atomic mass is 32.1. The molecule has 8 heteroatoms. The third-order valence-corrected chi connectivity index (χ3v) is 7.43. The molecular formula is C26H33N3O4S. The molecule has 0 spiro atoms. The van der Waals surface area contributed by atoms with Crippen LogP contribution >= 0.6 is 11.3 Å². The summed E-state index contributed by atoms with van der Waals surface area (Å²) in [7, 11) is 0. The lowest BCUT2D eigenvalue weighted by Crippen LogP contribution is -2.51. The molecule has 0 bridgehead atoms. The van der Waals surface area contributed by atoms with E-state index in [0.717, 1.165) is 10.4 Å². The molecule has 3 heterocycles. The van der Waals surface area contributed by atoms with Crippen molar-refractivity contribution >= 4 is 29.2 Å². The highest BCUT2D eigenvalue weighted by Gasteiger charge is 2.45. The summed E-state index contributed by atoms with van der Waals surface area (Å²) in [5.74, 6) is -0.307. The van der Waals surface area contributed by atoms with E-state index < -0.39 is 5.92 Å². The molecule has 0 aliphatic carbocycles. The first-order chi connectivity index (χ1) is 16.4. The maximum absolute atomic E-state index is 13.8. The second-order valence-corrected chi connectivity index (χ2v) is 10.3. The summed E-state index contributed by atoms with van der Waals surface area (Å²) in [6.07, 6.45) is 1.06. The van der Waals surface area contributed by atoms with Crippen molar-refractivity contribution in [1.29, 1.82) is 0 Å². The molecular weight excluding hydrogens is 450 g/mol. The SMILES string of the molecule is CCOC(=O)N1CCC(NC(=O)[C@H]2c3ccccc3C(=O)N(CC(C)C)[C@H]2c2cccs2)CC1. The number of nitrogens with one attached hydrogen (secondary N) is 1. The Morgan fingerprint density at radius 2 is 1.88 bits per heavy atom. The Bertz CT molecular complexity index is 1010. The van der Waals surface area contributed by atoms with E-state index in [0.29, 0.717) is 44.6 Å². The molecule has 1 aromatic carbocycles. The van der Waals surface area contributed by atoms with Gasteiger partial charge < -0.3 is 19.9 Å². The molecule has 3 amide bonds. The number of carbonyl (C=O) groups excluding carboxylic acids is 3. The Hall–Kier alpha value is -2.87. The van der Waals surface area contributed by atoms with E-state index in [1.54, 1.807) is 23.2 Å². The zero-order valence-corrected chi connectivity index (χ0v) is 20.8. The van der Waals surface area contributed by atoms with Gasteiger partial charge in [-0.25, -0.2) is 4.79 Å². The topological polar surface area (TPSA) is 79.0 Å². The first-order valence-corrected chi connectivity index (χ1v) is 12.9. The maximum Gasteiger partial charge on any atom is 0.409 e. The first kappa shape index (κ1) is 24.3. The van der Waals surface area contributed by atoms with Crippen molar-refractivity contribution in [2.75, 3.05) is 26.2 Å². The second kappa shape index (κ2) is 10.6. The van der Waals surface area contributed by atoms with Crippen molar-refractivity contribution in [3.05, 3.63) is 57.8 Å². The number of likely N-dealkylation sites (tertiary alicyclic amines) is 1. The summed E-state index contributed by atoms with van der Waals surface area (Å²) in [5.41, 5.74) is 1.39. The fourth-order valence-corrected chi connectivity index (χ4v) is 5.83. The van der Waals surface area contributed by atoms with Crippen LogP contribution in [0.1, 0.15) is 66.4 Å². The van der Waals surface area contributed by atoms with E-state index in [1.807, 2.05) is 46.7 Å². The minimum atomic E-state index is -0.491. The van der Waals surface area contributed by atoms with Crippen LogP contribution in [0.25, 0.3) is 0 Å². The van der Waals surface area contributed by atoms with Crippen LogP contribution in [0.5, 0.6) is 0 Å². The fourth-order valence-electron chi connectivity index (χ4n) is 4.96. The summed E-state index contributed by atoms with van der Waals surface area (Å²) in [4.78, 5) is 44.0. The van der Waals surface area contributed by atoms with E-state index >= 15 is 0 Å². The van der Waals surface area contributed by atoms with Crippen LogP contribution in [-0.2, 0) is 9.53 Å². The molecule has 2 aromatic rings. The van der Waals surface area contributed by atoms with Crippen molar-refractivity contribution in [1.82, 2.24) is 15.1 Å². The molecule has 1 aromatic heterocycles. The molecule has 1 fully saturated rings. The van der Waals surface area contributed by atoms with Gasteiger partial charge in [0, 0.05) is 36.1 Å². The van der Waals surface area contributed by atoms with Gasteiger partial charge in [-0.2, -0.15) is 0 Å². The van der Waals surface area contributed by atoms with Crippen molar-refractivity contribution in [3.8, 4) is 0 Å². The molecule has 4 rings (SSSR count). The minimum Gasteiger partial charge on any atom is -0.450 e. The van der Waals surface area contributed by atoms with Gasteiger partial charge in [0.1, 0.15) is 0 Å². The van der Waals surface area contributed by atoms with Gasteiger partial charge in [-0.1, -0.05) is 38.1 Å². The predicted molar refractivity (Wildman–Crippen MR) is 132 cm³/mol. The third-order valence-electron chi connectivity index (χ3n) is 6.48. The molecule has 7 nitrogen and oxygen atoms in total. The Balaban J connectivity index is 1.60. The lowest BCUT2D eigenvalue weighted by molar-refractivity contribution is -0.125. The maximum atomic E-state index is 13.8. The van der Waals surface area contributed by atoms with Crippen LogP contribution in [0.3, 0.4) is 0 Å². The first-order valence-electron chi connectivity index (χ1n) is 12.1. The van der Waals surface area contributed by atoms with Crippen molar-refractivity contribution < 1.29 is 19.1 Å². The van der Waals surface area contributed by atoms with Gasteiger partial charge in [-0.3, -0.25) is 9.59 Å². The van der Waals surface area contributed by atoms with Gasteiger partial charge >= 0.3 is 6.09 Å². The molecule has 182 valence electrons. The molecule has 2 atom stereocenters. The van der Waals surface area contributed by atoms with E-state index in [-0.39, 0.29) is 35.9 Å². The van der Waals surface area contributed by atoms with Gasteiger partial charge in [0.2, 0.25) is 5.91 Å². The highest BCUT2D eigenvalue weighted by molar-refractivity contribution is 7.10. The average molecular weight is 484 g/mol. The van der Waals surface area contributed by atoms with Gasteiger partial charge in [-0.05, 0) is 48.8 Å². The smallest absolute Gasteiger partial charge is 0.409 e. The van der Waals surface area contributed by atoms with Gasteiger partial charge in [0.05, 0.1) is 18.6 Å². The number of amides is 3. The number of hydrogen-bond donors (Lipinski definition) is 1. The van der Waals surface area contributed by atoms with Crippen LogP contribution in [0.2, 0.25) is 0 Å². The van der Waals surface area contributed by atoms with Crippen LogP contribution in [0, 0.1) is 5.92 Å². The molecule has 0 radical (unpaired) electrons. The number of ether oxygens (including phenoxy) is 1. The molecule has 1 saturated heterocycles. The summed E-state index contributed by atoms with van der Waals surface area (Å²) in [5, 5.41) is 5.24. The summed E-state index contributed by atoms with van der Waals surface area (Å²) < 4.78 is 5.10. The number of benzene rings is 1. The monoisotopic (exact) mass is 483 g/mol. The van der Waals surface area contributed by atoms with Crippen LogP contribution in [-0.4, -0.2) is 60.0 Å². The third kappa shape index (κ3) is 4.97. The molecule has 34 heavy (non-hydrogen) atoms. The van der Waals surface area contributed by atoms with E-state index in [4.69, 9.17) is 4.74 Å². The number of fused-ring (bicyclic) bond motifs is 1. The van der Waals surface area contributed by atoms with Crippen LogP contribution in [0.4, 0.5) is 4.79 Å². The number of rotatable bonds is 6. The second-order valence-electron chi connectivity index (χ2n) is 9.35. The number of piperidine rings is 1. The summed E-state index contributed by atoms with van der Waals surface area (Å²) >= 11 is 1.58. The van der Waals surface area contributed by atoms with Gasteiger partial charge in [0.25, 0.3) is 5.91 Å². The highest BCUT2D eigenvalue weighted by Crippen LogP contribution is 2.44. The lowest BCUT2D eigenvalue weighted by Gasteiger charge is -2.42. The summed E-state index contributed by atoms with van der Waals surface area (Å²) in [6.45, 7) is 8.01. The number of thiophene rings is 1. The summed E-state index contributed by atoms with van der Waals surface area (Å²) in [6, 6.07) is 11.1. The predicted octanol–water partition coefficient (Wildman–Crippen LogP) is 4.42. The minimum absolute atomic E-state index is 0.0190. The van der Waals surface area contributed by atoms with Crippen molar-refractivity contribution in [2.45, 2.75) is 51.6 Å².